The minimum Gasteiger partial charge on any atom is -0.454 e. The Morgan fingerprint density at radius 2 is 1.83 bits per heavy atom. The van der Waals surface area contributed by atoms with E-state index in [-0.39, 0.29) is 12.7 Å². The molecule has 1 aliphatic heterocycles. The summed E-state index contributed by atoms with van der Waals surface area (Å²) in [4.78, 5) is 21.3. The van der Waals surface area contributed by atoms with Gasteiger partial charge in [-0.1, -0.05) is 30.3 Å². The summed E-state index contributed by atoms with van der Waals surface area (Å²) >= 11 is 0. The third-order valence-electron chi connectivity index (χ3n) is 4.68. The van der Waals surface area contributed by atoms with Crippen molar-refractivity contribution in [3.8, 4) is 11.5 Å². The van der Waals surface area contributed by atoms with Crippen LogP contribution in [0.5, 0.6) is 11.5 Å². The molecule has 1 amide bonds. The topological polar surface area (TPSA) is 85.4 Å². The van der Waals surface area contributed by atoms with Crippen LogP contribution in [0.4, 0.5) is 5.95 Å². The van der Waals surface area contributed by atoms with Gasteiger partial charge in [0.05, 0.1) is 0 Å². The Kier molecular flexibility index (Phi) is 5.29. The van der Waals surface area contributed by atoms with Crippen LogP contribution in [0.3, 0.4) is 0 Å². The summed E-state index contributed by atoms with van der Waals surface area (Å²) in [5.41, 5.74) is 4.27. The monoisotopic (exact) mass is 390 g/mol. The van der Waals surface area contributed by atoms with Crippen LogP contribution in [0.15, 0.2) is 48.5 Å². The zero-order valence-electron chi connectivity index (χ0n) is 16.4. The minimum absolute atomic E-state index is 0.232. The number of benzene rings is 2. The number of fused-ring (bicyclic) bond motifs is 1. The number of carbonyl (C=O) groups is 1. The Morgan fingerprint density at radius 1 is 1.00 bits per heavy atom. The summed E-state index contributed by atoms with van der Waals surface area (Å²) in [6, 6.07) is 15.4. The molecule has 0 aliphatic carbocycles. The van der Waals surface area contributed by atoms with Crippen molar-refractivity contribution < 1.29 is 14.3 Å². The molecule has 2 aromatic carbocycles. The molecule has 0 radical (unpaired) electrons. The van der Waals surface area contributed by atoms with Crippen LogP contribution in [-0.2, 0) is 13.1 Å². The smallest absolute Gasteiger partial charge is 0.270 e. The number of hydrogen-bond acceptors (Lipinski definition) is 6. The number of ether oxygens (including phenoxy) is 2. The van der Waals surface area contributed by atoms with E-state index in [2.05, 4.69) is 20.6 Å². The molecule has 2 N–H and O–H groups in total. The van der Waals surface area contributed by atoms with Crippen LogP contribution in [0, 0.1) is 13.8 Å². The van der Waals surface area contributed by atoms with E-state index in [9.17, 15) is 4.79 Å². The number of nitrogens with one attached hydrogen (secondary N) is 2. The third-order valence-corrected chi connectivity index (χ3v) is 4.68. The van der Waals surface area contributed by atoms with Gasteiger partial charge in [0.25, 0.3) is 5.91 Å². The lowest BCUT2D eigenvalue weighted by atomic mass is 10.1. The van der Waals surface area contributed by atoms with E-state index >= 15 is 0 Å². The number of hydrogen-bond donors (Lipinski definition) is 2. The van der Waals surface area contributed by atoms with E-state index in [0.29, 0.717) is 30.4 Å². The van der Waals surface area contributed by atoms with Crippen LogP contribution in [-0.4, -0.2) is 22.7 Å². The first-order chi connectivity index (χ1) is 14.1. The fraction of sp³-hybridized carbons (Fsp3) is 0.227. The highest BCUT2D eigenvalue weighted by molar-refractivity contribution is 5.92. The molecule has 2 heterocycles. The molecule has 7 heteroatoms. The second-order valence-electron chi connectivity index (χ2n) is 6.87. The zero-order valence-corrected chi connectivity index (χ0v) is 16.4. The molecule has 0 atom stereocenters. The molecular weight excluding hydrogens is 368 g/mol. The lowest BCUT2D eigenvalue weighted by molar-refractivity contribution is 0.0945. The summed E-state index contributed by atoms with van der Waals surface area (Å²) in [6.07, 6.45) is 0. The van der Waals surface area contributed by atoms with Crippen molar-refractivity contribution in [2.75, 3.05) is 12.1 Å². The van der Waals surface area contributed by atoms with Crippen molar-refractivity contribution in [3.05, 3.63) is 76.6 Å². The van der Waals surface area contributed by atoms with Gasteiger partial charge in [0.1, 0.15) is 5.69 Å². The number of aryl methyl sites for hydroxylation is 2. The highest BCUT2D eigenvalue weighted by atomic mass is 16.7. The predicted octanol–water partition coefficient (Wildman–Crippen LogP) is 3.36. The van der Waals surface area contributed by atoms with Crippen LogP contribution in [0.25, 0.3) is 0 Å². The molecular formula is C22H22N4O3. The quantitative estimate of drug-likeness (QED) is 0.671. The SMILES string of the molecule is Cc1cc(C(=O)NCc2ccccc2C)nc(NCc2ccc3c(c2)OCO3)n1. The summed E-state index contributed by atoms with van der Waals surface area (Å²) in [7, 11) is 0. The maximum Gasteiger partial charge on any atom is 0.270 e. The minimum atomic E-state index is -0.232. The van der Waals surface area contributed by atoms with Gasteiger partial charge in [0.2, 0.25) is 12.7 Å². The molecule has 0 bridgehead atoms. The maximum atomic E-state index is 12.6. The molecule has 7 nitrogen and oxygen atoms in total. The van der Waals surface area contributed by atoms with Crippen molar-refractivity contribution >= 4 is 11.9 Å². The number of aromatic nitrogens is 2. The molecule has 148 valence electrons. The largest absolute Gasteiger partial charge is 0.454 e. The molecule has 0 fully saturated rings. The van der Waals surface area contributed by atoms with Crippen molar-refractivity contribution in [1.29, 1.82) is 0 Å². The molecule has 0 unspecified atom stereocenters. The fourth-order valence-corrected chi connectivity index (χ4v) is 3.07. The first kappa shape index (κ1) is 18.7. The molecule has 29 heavy (non-hydrogen) atoms. The number of carbonyl (C=O) groups excluding carboxylic acids is 1. The van der Waals surface area contributed by atoms with Gasteiger partial charge in [-0.05, 0) is 48.7 Å². The molecule has 3 aromatic rings. The molecule has 0 saturated heterocycles. The number of nitrogens with zero attached hydrogens (tertiary/aromatic N) is 2. The van der Waals surface area contributed by atoms with Gasteiger partial charge in [0.15, 0.2) is 11.5 Å². The Bertz CT molecular complexity index is 1050. The Labute approximate surface area is 169 Å². The van der Waals surface area contributed by atoms with Gasteiger partial charge in [0, 0.05) is 18.8 Å². The lowest BCUT2D eigenvalue weighted by Crippen LogP contribution is -2.25. The zero-order chi connectivity index (χ0) is 20.2. The van der Waals surface area contributed by atoms with E-state index in [1.54, 1.807) is 6.07 Å². The standard InChI is InChI=1S/C22H22N4O3/c1-14-5-3-4-6-17(14)12-23-21(27)18-9-15(2)25-22(26-18)24-11-16-7-8-19-20(10-16)29-13-28-19/h3-10H,11-13H2,1-2H3,(H,23,27)(H,24,25,26). The van der Waals surface area contributed by atoms with E-state index in [0.717, 1.165) is 28.2 Å². The van der Waals surface area contributed by atoms with E-state index in [4.69, 9.17) is 9.47 Å². The van der Waals surface area contributed by atoms with Gasteiger partial charge in [-0.25, -0.2) is 9.97 Å². The highest BCUT2D eigenvalue weighted by Gasteiger charge is 2.14. The second-order valence-corrected chi connectivity index (χ2v) is 6.87. The normalized spacial score (nSPS) is 11.9. The summed E-state index contributed by atoms with van der Waals surface area (Å²) < 4.78 is 10.7. The Morgan fingerprint density at radius 3 is 2.69 bits per heavy atom. The van der Waals surface area contributed by atoms with E-state index < -0.39 is 0 Å². The maximum absolute atomic E-state index is 12.6. The average molecular weight is 390 g/mol. The molecule has 0 saturated carbocycles. The fourth-order valence-electron chi connectivity index (χ4n) is 3.07. The molecule has 1 aromatic heterocycles. The van der Waals surface area contributed by atoms with E-state index in [1.165, 1.54) is 0 Å². The second kappa shape index (κ2) is 8.18. The van der Waals surface area contributed by atoms with Gasteiger partial charge in [-0.15, -0.1) is 0 Å². The third kappa shape index (κ3) is 4.45. The summed E-state index contributed by atoms with van der Waals surface area (Å²) in [5, 5.41) is 6.10. The number of amides is 1. The predicted molar refractivity (Wildman–Crippen MR) is 109 cm³/mol. The van der Waals surface area contributed by atoms with Crippen molar-refractivity contribution in [3.63, 3.8) is 0 Å². The van der Waals surface area contributed by atoms with Crippen LogP contribution >= 0.6 is 0 Å². The number of rotatable bonds is 6. The van der Waals surface area contributed by atoms with Crippen molar-refractivity contribution in [2.24, 2.45) is 0 Å². The summed E-state index contributed by atoms with van der Waals surface area (Å²) in [6.45, 7) is 5.06. The first-order valence-electron chi connectivity index (χ1n) is 9.39. The Hall–Kier alpha value is -3.61. The highest BCUT2D eigenvalue weighted by Crippen LogP contribution is 2.32. The van der Waals surface area contributed by atoms with Gasteiger partial charge < -0.3 is 20.1 Å². The number of anilines is 1. The van der Waals surface area contributed by atoms with Crippen LogP contribution in [0.2, 0.25) is 0 Å². The van der Waals surface area contributed by atoms with Crippen LogP contribution < -0.4 is 20.1 Å². The lowest BCUT2D eigenvalue weighted by Gasteiger charge is -2.10. The summed E-state index contributed by atoms with van der Waals surface area (Å²) in [5.74, 6) is 1.65. The van der Waals surface area contributed by atoms with Gasteiger partial charge in [-0.3, -0.25) is 4.79 Å². The molecule has 4 rings (SSSR count). The molecule has 0 spiro atoms. The van der Waals surface area contributed by atoms with Gasteiger partial charge >= 0.3 is 0 Å². The van der Waals surface area contributed by atoms with E-state index in [1.807, 2.05) is 56.3 Å². The van der Waals surface area contributed by atoms with Gasteiger partial charge in [-0.2, -0.15) is 0 Å². The molecule has 1 aliphatic rings. The average Bonchev–Trinajstić information content (AvgIpc) is 3.19. The van der Waals surface area contributed by atoms with Crippen molar-refractivity contribution in [2.45, 2.75) is 26.9 Å². The van der Waals surface area contributed by atoms with Crippen LogP contribution in [0.1, 0.15) is 32.9 Å². The first-order valence-corrected chi connectivity index (χ1v) is 9.39. The van der Waals surface area contributed by atoms with Crippen molar-refractivity contribution in [1.82, 2.24) is 15.3 Å². The Balaban J connectivity index is 1.41.